The van der Waals surface area contributed by atoms with Gasteiger partial charge in [0.15, 0.2) is 0 Å². The molecule has 4 rings (SSSR count). The zero-order chi connectivity index (χ0) is 22.7. The molecule has 9 nitrogen and oxygen atoms in total. The summed E-state index contributed by atoms with van der Waals surface area (Å²) in [7, 11) is 1.64. The van der Waals surface area contributed by atoms with Crippen LogP contribution in [0.1, 0.15) is 12.8 Å². The van der Waals surface area contributed by atoms with Crippen LogP contribution in [0.25, 0.3) is 20.8 Å². The van der Waals surface area contributed by atoms with Crippen LogP contribution < -0.4 is 10.6 Å². The average Bonchev–Trinajstić information content (AvgIpc) is 3.32. The van der Waals surface area contributed by atoms with Gasteiger partial charge in [-0.25, -0.2) is 9.97 Å². The molecule has 2 aromatic heterocycles. The van der Waals surface area contributed by atoms with E-state index in [1.54, 1.807) is 7.11 Å². The molecule has 0 unspecified atom stereocenters. The first kappa shape index (κ1) is 23.1. The molecule has 0 amide bonds. The molecule has 0 spiro atoms. The van der Waals surface area contributed by atoms with E-state index in [-0.39, 0.29) is 11.8 Å². The third kappa shape index (κ3) is 4.80. The maximum atomic E-state index is 10.5. The molecule has 2 heterocycles. The highest BCUT2D eigenvalue weighted by Gasteiger charge is 2.41. The van der Waals surface area contributed by atoms with E-state index in [4.69, 9.17) is 16.3 Å². The van der Waals surface area contributed by atoms with Crippen molar-refractivity contribution in [2.24, 2.45) is 5.92 Å². The van der Waals surface area contributed by atoms with E-state index >= 15 is 0 Å². The molecule has 11 heteroatoms. The molecule has 1 aliphatic rings. The summed E-state index contributed by atoms with van der Waals surface area (Å²) >= 11 is 8.07. The summed E-state index contributed by atoms with van der Waals surface area (Å²) in [5.74, 6) is 0.329. The first-order valence-electron chi connectivity index (χ1n) is 10.4. The predicted octanol–water partition coefficient (Wildman–Crippen LogP) is 2.37. The van der Waals surface area contributed by atoms with E-state index in [2.05, 4.69) is 25.6 Å². The molecule has 3 aromatic rings. The lowest BCUT2D eigenvalue weighted by Crippen LogP contribution is -2.35. The number of aliphatic hydroxyl groups is 3. The Hall–Kier alpha value is -2.08. The van der Waals surface area contributed by atoms with Crippen LogP contribution in [0, 0.1) is 5.92 Å². The van der Waals surface area contributed by atoms with E-state index in [0.717, 1.165) is 16.6 Å². The zero-order valence-electron chi connectivity index (χ0n) is 17.5. The number of thiazole rings is 1. The monoisotopic (exact) mass is 479 g/mol. The Morgan fingerprint density at radius 3 is 2.72 bits per heavy atom. The Bertz CT molecular complexity index is 1030. The van der Waals surface area contributed by atoms with Crippen LogP contribution in [-0.4, -0.2) is 75.4 Å². The number of hydrogen-bond donors (Lipinski definition) is 5. The molecule has 4 atom stereocenters. The first-order valence-corrected chi connectivity index (χ1v) is 11.6. The third-order valence-electron chi connectivity index (χ3n) is 5.54. The van der Waals surface area contributed by atoms with Crippen LogP contribution in [0.4, 0.5) is 11.8 Å². The van der Waals surface area contributed by atoms with Crippen molar-refractivity contribution in [2.45, 2.75) is 31.1 Å². The molecule has 1 aliphatic carbocycles. The molecular formula is C21H26ClN5O4S. The van der Waals surface area contributed by atoms with E-state index in [9.17, 15) is 15.3 Å². The maximum Gasteiger partial charge on any atom is 0.226 e. The number of para-hydroxylation sites is 1. The molecule has 5 N–H and O–H groups in total. The van der Waals surface area contributed by atoms with Gasteiger partial charge in [0.25, 0.3) is 0 Å². The number of anilines is 2. The summed E-state index contributed by atoms with van der Waals surface area (Å²) in [6.07, 6.45) is -0.920. The summed E-state index contributed by atoms with van der Waals surface area (Å²) in [6.45, 7) is 0.990. The number of ether oxygens (including phenoxy) is 1. The summed E-state index contributed by atoms with van der Waals surface area (Å²) in [4.78, 5) is 13.7. The first-order chi connectivity index (χ1) is 15.5. The molecule has 0 aliphatic heterocycles. The highest BCUT2D eigenvalue weighted by atomic mass is 35.5. The van der Waals surface area contributed by atoms with Crippen LogP contribution in [0.15, 0.2) is 24.3 Å². The molecule has 1 fully saturated rings. The van der Waals surface area contributed by atoms with Gasteiger partial charge in [0.05, 0.1) is 27.9 Å². The molecule has 32 heavy (non-hydrogen) atoms. The Balaban J connectivity index is 1.69. The maximum absolute atomic E-state index is 10.5. The number of halogens is 1. The van der Waals surface area contributed by atoms with Gasteiger partial charge in [-0.15, -0.1) is 11.3 Å². The van der Waals surface area contributed by atoms with Crippen molar-refractivity contribution in [2.75, 3.05) is 37.5 Å². The molecule has 0 radical (unpaired) electrons. The van der Waals surface area contributed by atoms with Gasteiger partial charge < -0.3 is 30.7 Å². The number of aliphatic hydroxyl groups excluding tert-OH is 3. The number of hydrogen-bond acceptors (Lipinski definition) is 10. The van der Waals surface area contributed by atoms with Crippen molar-refractivity contribution in [3.8, 4) is 10.6 Å². The Labute approximate surface area is 194 Å². The van der Waals surface area contributed by atoms with Crippen molar-refractivity contribution >= 4 is 44.9 Å². The van der Waals surface area contributed by atoms with Crippen molar-refractivity contribution in [1.82, 2.24) is 15.0 Å². The largest absolute Gasteiger partial charge is 0.396 e. The van der Waals surface area contributed by atoms with Gasteiger partial charge in [-0.1, -0.05) is 23.7 Å². The van der Waals surface area contributed by atoms with E-state index < -0.39 is 24.2 Å². The van der Waals surface area contributed by atoms with Crippen LogP contribution in [-0.2, 0) is 4.74 Å². The minimum Gasteiger partial charge on any atom is -0.396 e. The lowest BCUT2D eigenvalue weighted by molar-refractivity contribution is 0.00446. The molecule has 172 valence electrons. The second kappa shape index (κ2) is 10.2. The molecule has 1 saturated carbocycles. The zero-order valence-corrected chi connectivity index (χ0v) is 19.1. The number of nitrogens with zero attached hydrogens (tertiary/aromatic N) is 3. The molecule has 0 bridgehead atoms. The second-order valence-electron chi connectivity index (χ2n) is 7.73. The number of fused-ring (bicyclic) bond motifs is 1. The van der Waals surface area contributed by atoms with Crippen molar-refractivity contribution in [1.29, 1.82) is 0 Å². The fourth-order valence-electron chi connectivity index (χ4n) is 3.83. The van der Waals surface area contributed by atoms with Crippen molar-refractivity contribution in [3.05, 3.63) is 29.4 Å². The van der Waals surface area contributed by atoms with Crippen molar-refractivity contribution < 1.29 is 20.1 Å². The summed E-state index contributed by atoms with van der Waals surface area (Å²) in [5, 5.41) is 37.5. The summed E-state index contributed by atoms with van der Waals surface area (Å²) in [5.41, 5.74) is 1.37. The molecular weight excluding hydrogens is 454 g/mol. The van der Waals surface area contributed by atoms with Gasteiger partial charge in [-0.2, -0.15) is 4.98 Å². The summed E-state index contributed by atoms with van der Waals surface area (Å²) in [6, 6.07) is 7.25. The molecule has 0 saturated heterocycles. The van der Waals surface area contributed by atoms with E-state index in [1.165, 1.54) is 11.3 Å². The Morgan fingerprint density at radius 1 is 1.19 bits per heavy atom. The second-order valence-corrected chi connectivity index (χ2v) is 9.12. The minimum absolute atomic E-state index is 0.210. The van der Waals surface area contributed by atoms with Gasteiger partial charge in [-0.3, -0.25) is 0 Å². The minimum atomic E-state index is -1.05. The quantitative estimate of drug-likeness (QED) is 0.231. The van der Waals surface area contributed by atoms with Gasteiger partial charge in [0.2, 0.25) is 5.95 Å². The standard InChI is InChI=1S/C21H26ClN5O4S/c1-31-8-4-7-23-21-26-18(22)15(20-25-12-5-2-3-6-14(12)32-20)19(27-21)24-13-9-11(10-28)16(29)17(13)30/h2-3,5-6,11,13,16-17,28-30H,4,7-10H2,1H3,(H2,23,24,26,27)/t11-,13-,16-,17+/m1/s1. The summed E-state index contributed by atoms with van der Waals surface area (Å²) < 4.78 is 6.07. The predicted molar refractivity (Wildman–Crippen MR) is 125 cm³/mol. The van der Waals surface area contributed by atoms with Crippen LogP contribution in [0.3, 0.4) is 0 Å². The molecule has 1 aromatic carbocycles. The van der Waals surface area contributed by atoms with Crippen LogP contribution in [0.5, 0.6) is 0 Å². The van der Waals surface area contributed by atoms with E-state index in [1.807, 2.05) is 24.3 Å². The highest BCUT2D eigenvalue weighted by molar-refractivity contribution is 7.21. The van der Waals surface area contributed by atoms with E-state index in [0.29, 0.717) is 41.9 Å². The Kier molecular flexibility index (Phi) is 7.39. The highest BCUT2D eigenvalue weighted by Crippen LogP contribution is 2.39. The lowest BCUT2D eigenvalue weighted by Gasteiger charge is -2.21. The number of rotatable bonds is 9. The van der Waals surface area contributed by atoms with Gasteiger partial charge >= 0.3 is 0 Å². The van der Waals surface area contributed by atoms with Crippen LogP contribution in [0.2, 0.25) is 5.15 Å². The van der Waals surface area contributed by atoms with Gasteiger partial charge in [-0.05, 0) is 25.0 Å². The van der Waals surface area contributed by atoms with Crippen molar-refractivity contribution in [3.63, 3.8) is 0 Å². The number of aromatic nitrogens is 3. The van der Waals surface area contributed by atoms with Gasteiger partial charge in [0, 0.05) is 32.8 Å². The number of benzene rings is 1. The number of methoxy groups -OCH3 is 1. The van der Waals surface area contributed by atoms with Crippen LogP contribution >= 0.6 is 22.9 Å². The van der Waals surface area contributed by atoms with Gasteiger partial charge in [0.1, 0.15) is 22.1 Å². The smallest absolute Gasteiger partial charge is 0.226 e. The third-order valence-corrected chi connectivity index (χ3v) is 6.87. The average molecular weight is 480 g/mol. The Morgan fingerprint density at radius 2 is 2.00 bits per heavy atom. The normalized spacial score (nSPS) is 23.0. The SMILES string of the molecule is COCCCNc1nc(Cl)c(-c2nc3ccccc3s2)c(N[C@@H]2C[C@H](CO)[C@@H](O)[C@H]2O)n1. The fourth-order valence-corrected chi connectivity index (χ4v) is 5.15. The number of nitrogens with one attached hydrogen (secondary N) is 2. The fraction of sp³-hybridized carbons (Fsp3) is 0.476. The topological polar surface area (TPSA) is 133 Å². The lowest BCUT2D eigenvalue weighted by atomic mass is 10.1.